The highest BCUT2D eigenvalue weighted by molar-refractivity contribution is 7.80. The first kappa shape index (κ1) is 14.9. The van der Waals surface area contributed by atoms with Gasteiger partial charge in [-0.2, -0.15) is 5.10 Å². The van der Waals surface area contributed by atoms with Gasteiger partial charge in [0.05, 0.1) is 6.20 Å². The molecule has 0 aliphatic carbocycles. The Hall–Kier alpha value is -1.14. The van der Waals surface area contributed by atoms with E-state index in [0.29, 0.717) is 0 Å². The summed E-state index contributed by atoms with van der Waals surface area (Å²) in [6, 6.07) is 0. The van der Waals surface area contributed by atoms with Crippen molar-refractivity contribution in [3.8, 4) is 0 Å². The smallest absolute Gasteiger partial charge is 0.166 e. The quantitative estimate of drug-likeness (QED) is 0.489. The number of hydrogen-bond acceptors (Lipinski definition) is 3. The van der Waals surface area contributed by atoms with Crippen LogP contribution in [0.3, 0.4) is 0 Å². The number of methoxy groups -OCH3 is 1. The molecule has 1 aromatic heterocycles. The first-order valence-corrected chi connectivity index (χ1v) is 6.64. The zero-order chi connectivity index (χ0) is 13.2. The lowest BCUT2D eigenvalue weighted by atomic mass is 10.1. The molecular weight excluding hydrogens is 248 g/mol. The first-order chi connectivity index (χ1) is 8.74. The Morgan fingerprint density at radius 3 is 2.72 bits per heavy atom. The molecule has 0 aromatic carbocycles. The van der Waals surface area contributed by atoms with Gasteiger partial charge in [-0.3, -0.25) is 5.10 Å². The van der Waals surface area contributed by atoms with Gasteiger partial charge in [0.25, 0.3) is 0 Å². The van der Waals surface area contributed by atoms with Crippen LogP contribution in [0.2, 0.25) is 0 Å². The monoisotopic (exact) mass is 270 g/mol. The summed E-state index contributed by atoms with van der Waals surface area (Å²) in [5.41, 5.74) is 2.42. The molecule has 0 unspecified atom stereocenters. The molecule has 0 saturated carbocycles. The minimum absolute atomic E-state index is 0.718. The fourth-order valence-corrected chi connectivity index (χ4v) is 1.79. The third kappa shape index (κ3) is 5.97. The Morgan fingerprint density at radius 1 is 1.39 bits per heavy atom. The summed E-state index contributed by atoms with van der Waals surface area (Å²) in [6.45, 7) is 4.52. The Labute approximate surface area is 114 Å². The summed E-state index contributed by atoms with van der Waals surface area (Å²) < 4.78 is 4.96. The van der Waals surface area contributed by atoms with E-state index in [1.807, 2.05) is 13.1 Å². The molecule has 1 aromatic rings. The third-order valence-electron chi connectivity index (χ3n) is 2.65. The van der Waals surface area contributed by atoms with E-state index in [1.54, 1.807) is 7.11 Å². The highest BCUT2D eigenvalue weighted by atomic mass is 32.1. The Morgan fingerprint density at radius 2 is 2.11 bits per heavy atom. The molecule has 0 radical (unpaired) electrons. The minimum Gasteiger partial charge on any atom is -0.385 e. The lowest BCUT2D eigenvalue weighted by Crippen LogP contribution is -2.36. The van der Waals surface area contributed by atoms with Crippen LogP contribution in [0.15, 0.2) is 6.20 Å². The van der Waals surface area contributed by atoms with Crippen LogP contribution in [0.25, 0.3) is 0 Å². The molecule has 1 rings (SSSR count). The van der Waals surface area contributed by atoms with E-state index in [4.69, 9.17) is 17.0 Å². The van der Waals surface area contributed by atoms with Crippen molar-refractivity contribution in [1.82, 2.24) is 20.8 Å². The second-order valence-electron chi connectivity index (χ2n) is 4.15. The minimum atomic E-state index is 0.718. The molecule has 0 fully saturated rings. The number of ether oxygens (including phenoxy) is 1. The van der Waals surface area contributed by atoms with Gasteiger partial charge in [-0.15, -0.1) is 0 Å². The average Bonchev–Trinajstić information content (AvgIpc) is 2.76. The van der Waals surface area contributed by atoms with Crippen molar-refractivity contribution in [2.45, 2.75) is 26.2 Å². The van der Waals surface area contributed by atoms with E-state index >= 15 is 0 Å². The van der Waals surface area contributed by atoms with Crippen LogP contribution in [0.1, 0.15) is 24.1 Å². The Kier molecular flexibility index (Phi) is 7.36. The van der Waals surface area contributed by atoms with Crippen LogP contribution < -0.4 is 10.6 Å². The van der Waals surface area contributed by atoms with Crippen molar-refractivity contribution >= 4 is 17.3 Å². The van der Waals surface area contributed by atoms with Crippen LogP contribution in [0.4, 0.5) is 0 Å². The molecule has 0 aliphatic rings. The predicted octanol–water partition coefficient (Wildman–Crippen LogP) is 1.15. The molecule has 0 amide bonds. The van der Waals surface area contributed by atoms with E-state index in [-0.39, 0.29) is 0 Å². The summed E-state index contributed by atoms with van der Waals surface area (Å²) in [5, 5.41) is 14.0. The van der Waals surface area contributed by atoms with Crippen LogP contribution in [0, 0.1) is 6.92 Å². The van der Waals surface area contributed by atoms with E-state index in [1.165, 1.54) is 5.56 Å². The van der Waals surface area contributed by atoms with Crippen molar-refractivity contribution in [1.29, 1.82) is 0 Å². The van der Waals surface area contributed by atoms with Crippen molar-refractivity contribution in [2.24, 2.45) is 0 Å². The molecule has 0 atom stereocenters. The first-order valence-electron chi connectivity index (χ1n) is 6.23. The van der Waals surface area contributed by atoms with E-state index in [2.05, 4.69) is 20.8 Å². The largest absolute Gasteiger partial charge is 0.385 e. The number of nitrogens with one attached hydrogen (secondary N) is 3. The van der Waals surface area contributed by atoms with Gasteiger partial charge in [0.1, 0.15) is 0 Å². The predicted molar refractivity (Wildman–Crippen MR) is 76.7 cm³/mol. The van der Waals surface area contributed by atoms with Gasteiger partial charge in [0.15, 0.2) is 5.11 Å². The normalized spacial score (nSPS) is 10.3. The lowest BCUT2D eigenvalue weighted by molar-refractivity contribution is 0.195. The number of hydrogen-bond donors (Lipinski definition) is 3. The standard InChI is InChI=1S/C12H22N4OS/c1-10-11(9-15-16-10)5-3-6-13-12(18)14-7-4-8-17-2/h9H,3-8H2,1-2H3,(H,15,16)(H2,13,14,18). The molecular formula is C12H22N4OS. The SMILES string of the molecule is COCCCNC(=S)NCCCc1cn[nH]c1C. The summed E-state index contributed by atoms with van der Waals surface area (Å²) in [4.78, 5) is 0. The van der Waals surface area contributed by atoms with Gasteiger partial charge in [-0.05, 0) is 44.0 Å². The molecule has 5 nitrogen and oxygen atoms in total. The van der Waals surface area contributed by atoms with Crippen LogP contribution in [-0.2, 0) is 11.2 Å². The molecule has 3 N–H and O–H groups in total. The number of aromatic amines is 1. The number of nitrogens with zero attached hydrogens (tertiary/aromatic N) is 1. The van der Waals surface area contributed by atoms with Gasteiger partial charge in [-0.25, -0.2) is 0 Å². The molecule has 0 spiro atoms. The third-order valence-corrected chi connectivity index (χ3v) is 2.94. The number of aryl methyl sites for hydroxylation is 2. The van der Waals surface area contributed by atoms with Crippen molar-refractivity contribution in [3.05, 3.63) is 17.5 Å². The second kappa shape index (κ2) is 8.88. The highest BCUT2D eigenvalue weighted by Gasteiger charge is 2.00. The van der Waals surface area contributed by atoms with Crippen LogP contribution in [0.5, 0.6) is 0 Å². The second-order valence-corrected chi connectivity index (χ2v) is 4.56. The summed E-state index contributed by atoms with van der Waals surface area (Å²) in [5.74, 6) is 0. The van der Waals surface area contributed by atoms with Gasteiger partial charge in [0.2, 0.25) is 0 Å². The van der Waals surface area contributed by atoms with Crippen molar-refractivity contribution in [3.63, 3.8) is 0 Å². The molecule has 102 valence electrons. The maximum atomic E-state index is 5.16. The van der Waals surface area contributed by atoms with Crippen LogP contribution in [-0.4, -0.2) is 42.1 Å². The summed E-state index contributed by atoms with van der Waals surface area (Å²) in [6.07, 6.45) is 4.91. The molecule has 6 heteroatoms. The van der Waals surface area contributed by atoms with Gasteiger partial charge >= 0.3 is 0 Å². The molecule has 18 heavy (non-hydrogen) atoms. The lowest BCUT2D eigenvalue weighted by Gasteiger charge is -2.09. The van der Waals surface area contributed by atoms with Crippen molar-refractivity contribution in [2.75, 3.05) is 26.8 Å². The number of thiocarbonyl (C=S) groups is 1. The molecule has 1 heterocycles. The zero-order valence-electron chi connectivity index (χ0n) is 11.1. The van der Waals surface area contributed by atoms with Crippen molar-refractivity contribution < 1.29 is 4.74 Å². The zero-order valence-corrected chi connectivity index (χ0v) is 11.9. The number of rotatable bonds is 8. The summed E-state index contributed by atoms with van der Waals surface area (Å²) in [7, 11) is 1.70. The maximum absolute atomic E-state index is 5.16. The number of aromatic nitrogens is 2. The summed E-state index contributed by atoms with van der Waals surface area (Å²) >= 11 is 5.16. The van der Waals surface area contributed by atoms with E-state index in [0.717, 1.165) is 49.8 Å². The fraction of sp³-hybridized carbons (Fsp3) is 0.667. The van der Waals surface area contributed by atoms with Crippen LogP contribution >= 0.6 is 12.2 Å². The Balaban J connectivity index is 2.00. The fourth-order valence-electron chi connectivity index (χ4n) is 1.59. The maximum Gasteiger partial charge on any atom is 0.166 e. The Bertz CT molecular complexity index is 354. The molecule has 0 saturated heterocycles. The number of H-pyrrole nitrogens is 1. The highest BCUT2D eigenvalue weighted by Crippen LogP contribution is 2.04. The topological polar surface area (TPSA) is 62.0 Å². The molecule has 0 aliphatic heterocycles. The van der Waals surface area contributed by atoms with E-state index < -0.39 is 0 Å². The van der Waals surface area contributed by atoms with E-state index in [9.17, 15) is 0 Å². The molecule has 0 bridgehead atoms. The van der Waals surface area contributed by atoms with Gasteiger partial charge < -0.3 is 15.4 Å². The van der Waals surface area contributed by atoms with Gasteiger partial charge in [-0.1, -0.05) is 0 Å². The van der Waals surface area contributed by atoms with Gasteiger partial charge in [0, 0.05) is 32.5 Å². The average molecular weight is 270 g/mol.